The molecule has 10 aromatic carbocycles. The maximum Gasteiger partial charge on any atom is 0.238 e. The van der Waals surface area contributed by atoms with E-state index in [9.17, 15) is 0 Å². The smallest absolute Gasteiger partial charge is 0.238 e. The monoisotopic (exact) mass is 867 g/mol. The second kappa shape index (κ2) is 16.4. The van der Waals surface area contributed by atoms with Crippen molar-refractivity contribution in [1.82, 2.24) is 24.1 Å². The molecule has 5 nitrogen and oxygen atoms in total. The lowest BCUT2D eigenvalue weighted by Crippen LogP contribution is -2.06. The summed E-state index contributed by atoms with van der Waals surface area (Å²) in [6, 6.07) is 88.2. The molecule has 0 N–H and O–H groups in total. The third-order valence-electron chi connectivity index (χ3n) is 13.2. The van der Waals surface area contributed by atoms with E-state index in [1.54, 1.807) is 0 Å². The molecule has 0 amide bonds. The number of aromatic nitrogens is 5. The predicted molar refractivity (Wildman–Crippen MR) is 281 cm³/mol. The molecule has 0 bridgehead atoms. The molecular formula is C63H41N5. The van der Waals surface area contributed by atoms with Crippen molar-refractivity contribution in [2.24, 2.45) is 0 Å². The van der Waals surface area contributed by atoms with Gasteiger partial charge in [0.2, 0.25) is 5.95 Å². The molecule has 0 unspecified atom stereocenters. The van der Waals surface area contributed by atoms with Gasteiger partial charge in [0.05, 0.1) is 27.8 Å². The lowest BCUT2D eigenvalue weighted by atomic mass is 9.97. The Hall–Kier alpha value is -9.19. The Labute approximate surface area is 393 Å². The number of fused-ring (bicyclic) bond motifs is 7. The normalized spacial score (nSPS) is 11.5. The molecule has 3 heterocycles. The molecule has 0 radical (unpaired) electrons. The third-order valence-corrected chi connectivity index (χ3v) is 13.2. The van der Waals surface area contributed by atoms with E-state index in [2.05, 4.69) is 234 Å². The summed E-state index contributed by atoms with van der Waals surface area (Å²) < 4.78 is 4.70. The van der Waals surface area contributed by atoms with E-state index in [4.69, 9.17) is 15.0 Å². The Kier molecular flexibility index (Phi) is 9.43. The number of nitrogens with zero attached hydrogens (tertiary/aromatic N) is 5. The first-order valence-electron chi connectivity index (χ1n) is 23.0. The van der Waals surface area contributed by atoms with Crippen LogP contribution in [0.5, 0.6) is 0 Å². The van der Waals surface area contributed by atoms with Crippen LogP contribution in [-0.2, 0) is 0 Å². The molecule has 0 aliphatic carbocycles. The fourth-order valence-corrected chi connectivity index (χ4v) is 9.97. The summed E-state index contributed by atoms with van der Waals surface area (Å²) in [6.45, 7) is 0. The van der Waals surface area contributed by atoms with Gasteiger partial charge in [-0.3, -0.25) is 4.57 Å². The highest BCUT2D eigenvalue weighted by atomic mass is 15.2. The first-order chi connectivity index (χ1) is 33.7. The SMILES string of the molecule is c1ccc(-c2ccc(-c3ccc(-c4nc(-c5ccccc5)nc(-n5c6ccccc6c6ccc7c(c8ccccc8n7-c7ccc(-c8ccccc8)cc7-c7ccccc7)c65)n4)cc3)cc2)cc1. The van der Waals surface area contributed by atoms with Crippen LogP contribution in [0.15, 0.2) is 249 Å². The van der Waals surface area contributed by atoms with E-state index in [0.29, 0.717) is 17.6 Å². The van der Waals surface area contributed by atoms with E-state index < -0.39 is 0 Å². The molecule has 0 saturated heterocycles. The van der Waals surface area contributed by atoms with Crippen molar-refractivity contribution in [2.75, 3.05) is 0 Å². The molecule has 3 aromatic heterocycles. The molecule has 318 valence electrons. The first-order valence-corrected chi connectivity index (χ1v) is 23.0. The minimum absolute atomic E-state index is 0.558. The van der Waals surface area contributed by atoms with Crippen LogP contribution < -0.4 is 0 Å². The Morgan fingerprint density at radius 2 is 0.691 bits per heavy atom. The van der Waals surface area contributed by atoms with Crippen LogP contribution in [0, 0.1) is 0 Å². The molecule has 0 atom stereocenters. The van der Waals surface area contributed by atoms with Crippen molar-refractivity contribution >= 4 is 43.6 Å². The van der Waals surface area contributed by atoms with Crippen LogP contribution >= 0.6 is 0 Å². The van der Waals surface area contributed by atoms with Crippen molar-refractivity contribution in [3.05, 3.63) is 249 Å². The quantitative estimate of drug-likeness (QED) is 0.153. The fraction of sp³-hybridized carbons (Fsp3) is 0. The Balaban J connectivity index is 1.03. The summed E-state index contributed by atoms with van der Waals surface area (Å²) in [5.74, 6) is 1.77. The maximum atomic E-state index is 5.40. The predicted octanol–water partition coefficient (Wildman–Crippen LogP) is 16.1. The minimum atomic E-state index is 0.558. The second-order valence-electron chi connectivity index (χ2n) is 17.2. The number of benzene rings is 10. The highest BCUT2D eigenvalue weighted by Gasteiger charge is 2.24. The van der Waals surface area contributed by atoms with E-state index >= 15 is 0 Å². The summed E-state index contributed by atoms with van der Waals surface area (Å²) in [4.78, 5) is 15.9. The Morgan fingerprint density at radius 1 is 0.265 bits per heavy atom. The number of hydrogen-bond donors (Lipinski definition) is 0. The van der Waals surface area contributed by atoms with Gasteiger partial charge in [-0.15, -0.1) is 0 Å². The van der Waals surface area contributed by atoms with Gasteiger partial charge in [0.25, 0.3) is 0 Å². The zero-order valence-corrected chi connectivity index (χ0v) is 36.9. The summed E-state index contributed by atoms with van der Waals surface area (Å²) >= 11 is 0. The maximum absolute atomic E-state index is 5.40. The average Bonchev–Trinajstić information content (AvgIpc) is 3.95. The van der Waals surface area contributed by atoms with Gasteiger partial charge < -0.3 is 4.57 Å². The van der Waals surface area contributed by atoms with Crippen LogP contribution in [0.1, 0.15) is 0 Å². The van der Waals surface area contributed by atoms with Crippen LogP contribution in [0.25, 0.3) is 123 Å². The molecule has 0 spiro atoms. The molecule has 5 heteroatoms. The van der Waals surface area contributed by atoms with Crippen molar-refractivity contribution in [2.45, 2.75) is 0 Å². The molecule has 0 aliphatic rings. The minimum Gasteiger partial charge on any atom is -0.309 e. The van der Waals surface area contributed by atoms with Crippen LogP contribution in [0.4, 0.5) is 0 Å². The van der Waals surface area contributed by atoms with Crippen LogP contribution in [0.2, 0.25) is 0 Å². The van der Waals surface area contributed by atoms with Gasteiger partial charge in [-0.1, -0.05) is 218 Å². The molecule has 0 fully saturated rings. The van der Waals surface area contributed by atoms with Crippen molar-refractivity contribution < 1.29 is 0 Å². The van der Waals surface area contributed by atoms with E-state index in [1.165, 1.54) is 22.3 Å². The Morgan fingerprint density at radius 3 is 1.28 bits per heavy atom. The summed E-state index contributed by atoms with van der Waals surface area (Å²) in [6.07, 6.45) is 0. The van der Waals surface area contributed by atoms with Crippen LogP contribution in [-0.4, -0.2) is 24.1 Å². The second-order valence-corrected chi connectivity index (χ2v) is 17.2. The van der Waals surface area contributed by atoms with Crippen LogP contribution in [0.3, 0.4) is 0 Å². The highest BCUT2D eigenvalue weighted by molar-refractivity contribution is 6.26. The topological polar surface area (TPSA) is 48.5 Å². The van der Waals surface area contributed by atoms with E-state index in [1.807, 2.05) is 24.3 Å². The standard InChI is InChI=1S/C63H41N5/c1-5-17-42(18-6-1)44-29-31-45(32-30-44)46-33-35-49(36-34-46)62-64-61(48-23-11-4-12-24-48)65-63(66-62)68-55-27-15-13-25-51(55)52-38-40-58-59(60(52)68)53-26-14-16-28-56(53)67(58)57-39-37-50(43-19-7-2-8-20-43)41-54(57)47-21-9-3-10-22-47/h1-41H. The van der Waals surface area contributed by atoms with Gasteiger partial charge in [0.15, 0.2) is 11.6 Å². The van der Waals surface area contributed by atoms with E-state index in [-0.39, 0.29) is 0 Å². The molecule has 0 saturated carbocycles. The Bertz CT molecular complexity index is 3970. The zero-order chi connectivity index (χ0) is 45.0. The van der Waals surface area contributed by atoms with Gasteiger partial charge >= 0.3 is 0 Å². The molecule has 0 aliphatic heterocycles. The number of rotatable bonds is 8. The van der Waals surface area contributed by atoms with Crippen molar-refractivity contribution in [3.8, 4) is 78.9 Å². The molecular weight excluding hydrogens is 827 g/mol. The third kappa shape index (κ3) is 6.68. The lowest BCUT2D eigenvalue weighted by Gasteiger charge is -2.16. The zero-order valence-electron chi connectivity index (χ0n) is 36.9. The molecule has 13 aromatic rings. The number of para-hydroxylation sites is 2. The van der Waals surface area contributed by atoms with Gasteiger partial charge in [-0.05, 0) is 69.3 Å². The van der Waals surface area contributed by atoms with E-state index in [0.717, 1.165) is 82.7 Å². The fourth-order valence-electron chi connectivity index (χ4n) is 9.97. The lowest BCUT2D eigenvalue weighted by molar-refractivity contribution is 0.955. The summed E-state index contributed by atoms with van der Waals surface area (Å²) in [5, 5.41) is 4.54. The number of hydrogen-bond acceptors (Lipinski definition) is 3. The van der Waals surface area contributed by atoms with Gasteiger partial charge in [0, 0.05) is 38.2 Å². The van der Waals surface area contributed by atoms with Gasteiger partial charge in [0.1, 0.15) is 0 Å². The first kappa shape index (κ1) is 39.2. The largest absolute Gasteiger partial charge is 0.309 e. The molecule has 68 heavy (non-hydrogen) atoms. The van der Waals surface area contributed by atoms with Crippen molar-refractivity contribution in [1.29, 1.82) is 0 Å². The summed E-state index contributed by atoms with van der Waals surface area (Å²) in [7, 11) is 0. The molecule has 13 rings (SSSR count). The highest BCUT2D eigenvalue weighted by Crippen LogP contribution is 2.44. The summed E-state index contributed by atoms with van der Waals surface area (Å²) in [5.41, 5.74) is 16.5. The van der Waals surface area contributed by atoms with Gasteiger partial charge in [-0.2, -0.15) is 9.97 Å². The van der Waals surface area contributed by atoms with Crippen molar-refractivity contribution in [3.63, 3.8) is 0 Å². The van der Waals surface area contributed by atoms with Gasteiger partial charge in [-0.25, -0.2) is 4.98 Å². The average molecular weight is 868 g/mol.